The quantitative estimate of drug-likeness (QED) is 0.183. The van der Waals surface area contributed by atoms with Gasteiger partial charge in [0, 0.05) is 12.8 Å². The van der Waals surface area contributed by atoms with E-state index in [4.69, 9.17) is 18.2 Å². The first-order chi connectivity index (χ1) is 14.1. The van der Waals surface area contributed by atoms with E-state index in [2.05, 4.69) is 11.9 Å². The van der Waals surface area contributed by atoms with Crippen LogP contribution in [0.1, 0.15) is 91.7 Å². The summed E-state index contributed by atoms with van der Waals surface area (Å²) in [6.07, 6.45) is 9.66. The number of aromatic nitrogens is 1. The van der Waals surface area contributed by atoms with Gasteiger partial charge in [0.15, 0.2) is 11.5 Å². The molecule has 0 amide bonds. The van der Waals surface area contributed by atoms with Gasteiger partial charge in [-0.1, -0.05) is 39.0 Å². The summed E-state index contributed by atoms with van der Waals surface area (Å²) >= 11 is 0. The molecule has 0 bridgehead atoms. The van der Waals surface area contributed by atoms with E-state index in [1.165, 1.54) is 25.7 Å². The number of oxazole rings is 1. The first-order valence-electron chi connectivity index (χ1n) is 11.2. The van der Waals surface area contributed by atoms with Gasteiger partial charge in [-0.2, -0.15) is 0 Å². The van der Waals surface area contributed by atoms with E-state index in [1.807, 2.05) is 0 Å². The first kappa shape index (κ1) is 26.9. The molecule has 0 saturated heterocycles. The van der Waals surface area contributed by atoms with E-state index in [0.29, 0.717) is 5.89 Å². The Morgan fingerprint density at radius 2 is 1.67 bits per heavy atom. The monoisotopic (exact) mass is 445 g/mol. The third-order valence-electron chi connectivity index (χ3n) is 4.42. The molecule has 1 atom stereocenters. The fourth-order valence-corrected chi connectivity index (χ4v) is 4.92. The maximum Gasteiger partial charge on any atom is 0.345 e. The zero-order valence-corrected chi connectivity index (χ0v) is 20.5. The smallest absolute Gasteiger partial charge is 0.345 e. The number of hydrogen-bond donors (Lipinski definition) is 0. The standard InChI is InChI=1S/C22H40NO6P/c1-7-10-11-12-13-14-15-18-17-23-20(28-18)16-19(21(24)29-22(4,5)6)30(25,26-8-2)27-9-3/h17,19H,7-16H2,1-6H3. The minimum absolute atomic E-state index is 0.00267. The van der Waals surface area contributed by atoms with Crippen molar-refractivity contribution in [3.63, 3.8) is 0 Å². The molecule has 0 radical (unpaired) electrons. The number of aryl methyl sites for hydroxylation is 1. The molecule has 1 unspecified atom stereocenters. The van der Waals surface area contributed by atoms with Crippen LogP contribution in [0.25, 0.3) is 0 Å². The minimum Gasteiger partial charge on any atom is -0.459 e. The molecule has 1 rings (SSSR count). The Kier molecular flexibility index (Phi) is 11.9. The fourth-order valence-electron chi connectivity index (χ4n) is 3.07. The predicted molar refractivity (Wildman–Crippen MR) is 118 cm³/mol. The molecule has 0 aliphatic rings. The second-order valence-corrected chi connectivity index (χ2v) is 10.6. The molecule has 0 fully saturated rings. The zero-order valence-electron chi connectivity index (χ0n) is 19.6. The van der Waals surface area contributed by atoms with Crippen LogP contribution < -0.4 is 0 Å². The summed E-state index contributed by atoms with van der Waals surface area (Å²) in [4.78, 5) is 17.1. The highest BCUT2D eigenvalue weighted by atomic mass is 31.2. The topological polar surface area (TPSA) is 87.9 Å². The van der Waals surface area contributed by atoms with Gasteiger partial charge in [-0.3, -0.25) is 9.36 Å². The molecule has 0 aliphatic heterocycles. The molecular weight excluding hydrogens is 405 g/mol. The predicted octanol–water partition coefficient (Wildman–Crippen LogP) is 6.10. The highest BCUT2D eigenvalue weighted by molar-refractivity contribution is 7.55. The van der Waals surface area contributed by atoms with Gasteiger partial charge in [0.1, 0.15) is 11.4 Å². The van der Waals surface area contributed by atoms with Crippen LogP contribution in [0.3, 0.4) is 0 Å². The lowest BCUT2D eigenvalue weighted by Gasteiger charge is -2.27. The van der Waals surface area contributed by atoms with Crippen molar-refractivity contribution < 1.29 is 27.6 Å². The fraction of sp³-hybridized carbons (Fsp3) is 0.818. The Balaban J connectivity index is 2.85. The molecule has 1 aromatic heterocycles. The van der Waals surface area contributed by atoms with Gasteiger partial charge in [-0.05, 0) is 41.0 Å². The molecule has 0 aliphatic carbocycles. The van der Waals surface area contributed by atoms with Crippen LogP contribution in [0.15, 0.2) is 10.6 Å². The minimum atomic E-state index is -3.74. The normalized spacial score (nSPS) is 13.4. The number of nitrogens with zero attached hydrogens (tertiary/aromatic N) is 1. The largest absolute Gasteiger partial charge is 0.459 e. The number of ether oxygens (including phenoxy) is 1. The molecule has 1 heterocycles. The van der Waals surface area contributed by atoms with Crippen molar-refractivity contribution in [2.75, 3.05) is 13.2 Å². The number of carbonyl (C=O) groups is 1. The van der Waals surface area contributed by atoms with Crippen LogP contribution in [-0.2, 0) is 36.0 Å². The van der Waals surface area contributed by atoms with Crippen molar-refractivity contribution in [3.05, 3.63) is 17.8 Å². The summed E-state index contributed by atoms with van der Waals surface area (Å²) in [6, 6.07) is 0. The molecule has 0 N–H and O–H groups in total. The summed E-state index contributed by atoms with van der Waals surface area (Å²) in [5.74, 6) is 0.473. The Morgan fingerprint density at radius 3 is 2.23 bits per heavy atom. The number of rotatable bonds is 15. The number of esters is 1. The van der Waals surface area contributed by atoms with Gasteiger partial charge in [0.25, 0.3) is 0 Å². The van der Waals surface area contributed by atoms with Gasteiger partial charge < -0.3 is 18.2 Å². The molecule has 1 aromatic rings. The lowest BCUT2D eigenvalue weighted by atomic mass is 10.1. The van der Waals surface area contributed by atoms with E-state index >= 15 is 0 Å². The van der Waals surface area contributed by atoms with E-state index in [0.717, 1.165) is 25.0 Å². The van der Waals surface area contributed by atoms with Gasteiger partial charge in [0.05, 0.1) is 19.4 Å². The van der Waals surface area contributed by atoms with Crippen molar-refractivity contribution in [1.82, 2.24) is 4.98 Å². The van der Waals surface area contributed by atoms with Crippen molar-refractivity contribution in [1.29, 1.82) is 0 Å². The lowest BCUT2D eigenvalue weighted by molar-refractivity contribution is -0.154. The van der Waals surface area contributed by atoms with E-state index in [-0.39, 0.29) is 19.6 Å². The van der Waals surface area contributed by atoms with Crippen LogP contribution in [0.2, 0.25) is 0 Å². The first-order valence-corrected chi connectivity index (χ1v) is 12.8. The van der Waals surface area contributed by atoms with Gasteiger partial charge in [-0.25, -0.2) is 4.98 Å². The van der Waals surface area contributed by atoms with Crippen LogP contribution >= 0.6 is 7.60 Å². The Labute approximate surface area is 181 Å². The van der Waals surface area contributed by atoms with Gasteiger partial charge in [0.2, 0.25) is 0 Å². The second kappa shape index (κ2) is 13.3. The molecular formula is C22H40NO6P. The summed E-state index contributed by atoms with van der Waals surface area (Å²) in [6.45, 7) is 11.2. The Bertz CT molecular complexity index is 657. The van der Waals surface area contributed by atoms with E-state index < -0.39 is 24.8 Å². The maximum atomic E-state index is 13.3. The van der Waals surface area contributed by atoms with Crippen LogP contribution in [0.4, 0.5) is 0 Å². The summed E-state index contributed by atoms with van der Waals surface area (Å²) in [5.41, 5.74) is -1.85. The van der Waals surface area contributed by atoms with E-state index in [1.54, 1.807) is 40.8 Å². The molecule has 7 nitrogen and oxygen atoms in total. The van der Waals surface area contributed by atoms with Crippen LogP contribution in [0, 0.1) is 0 Å². The Morgan fingerprint density at radius 1 is 1.07 bits per heavy atom. The van der Waals surface area contributed by atoms with Crippen molar-refractivity contribution >= 4 is 13.6 Å². The number of carbonyl (C=O) groups excluding carboxylic acids is 1. The summed E-state index contributed by atoms with van der Waals surface area (Å²) < 4.78 is 35.5. The van der Waals surface area contributed by atoms with Gasteiger partial charge in [-0.15, -0.1) is 0 Å². The average molecular weight is 446 g/mol. The maximum absolute atomic E-state index is 13.3. The highest BCUT2D eigenvalue weighted by Crippen LogP contribution is 2.54. The van der Waals surface area contributed by atoms with Crippen molar-refractivity contribution in [3.8, 4) is 0 Å². The molecule has 174 valence electrons. The third kappa shape index (κ3) is 9.76. The van der Waals surface area contributed by atoms with Crippen LogP contribution in [-0.4, -0.2) is 35.4 Å². The SMILES string of the molecule is CCCCCCCCc1cnc(CC(C(=O)OC(C)(C)C)P(=O)(OCC)OCC)o1. The summed E-state index contributed by atoms with van der Waals surface area (Å²) in [7, 11) is -3.74. The molecule has 8 heteroatoms. The van der Waals surface area contributed by atoms with Crippen molar-refractivity contribution in [2.45, 2.75) is 104 Å². The highest BCUT2D eigenvalue weighted by Gasteiger charge is 2.44. The third-order valence-corrected chi connectivity index (χ3v) is 6.82. The summed E-state index contributed by atoms with van der Waals surface area (Å²) in [5, 5.41) is 0. The van der Waals surface area contributed by atoms with Gasteiger partial charge >= 0.3 is 13.6 Å². The molecule has 0 saturated carbocycles. The van der Waals surface area contributed by atoms with Crippen LogP contribution in [0.5, 0.6) is 0 Å². The molecule has 30 heavy (non-hydrogen) atoms. The lowest BCUT2D eigenvalue weighted by Crippen LogP contribution is -2.34. The van der Waals surface area contributed by atoms with Crippen molar-refractivity contribution in [2.24, 2.45) is 0 Å². The number of hydrogen-bond acceptors (Lipinski definition) is 7. The Hall–Kier alpha value is -1.17. The van der Waals surface area contributed by atoms with E-state index in [9.17, 15) is 9.36 Å². The zero-order chi connectivity index (χ0) is 22.6. The second-order valence-electron chi connectivity index (χ2n) is 8.37. The average Bonchev–Trinajstić information content (AvgIpc) is 3.09. The number of unbranched alkanes of at least 4 members (excludes halogenated alkanes) is 5. The molecule has 0 spiro atoms. The molecule has 0 aromatic carbocycles.